The SMILES string of the molecule is COc1ccc(NC(=O)C2CC(c3cccc(C)c3O)NN2)cc1. The lowest BCUT2D eigenvalue weighted by atomic mass is 9.99. The Morgan fingerprint density at radius 1 is 1.21 bits per heavy atom. The van der Waals surface area contributed by atoms with Gasteiger partial charge in [0.2, 0.25) is 5.91 Å². The fourth-order valence-electron chi connectivity index (χ4n) is 2.80. The van der Waals surface area contributed by atoms with Gasteiger partial charge in [-0.1, -0.05) is 18.2 Å². The van der Waals surface area contributed by atoms with E-state index < -0.39 is 0 Å². The van der Waals surface area contributed by atoms with E-state index >= 15 is 0 Å². The van der Waals surface area contributed by atoms with Gasteiger partial charge in [-0.05, 0) is 43.2 Å². The van der Waals surface area contributed by atoms with Crippen molar-refractivity contribution in [2.75, 3.05) is 12.4 Å². The maximum absolute atomic E-state index is 12.4. The molecule has 1 fully saturated rings. The van der Waals surface area contributed by atoms with Crippen LogP contribution in [0.5, 0.6) is 11.5 Å². The first-order chi connectivity index (χ1) is 11.6. The van der Waals surface area contributed by atoms with Crippen LogP contribution in [-0.4, -0.2) is 24.2 Å². The molecule has 2 aromatic rings. The lowest BCUT2D eigenvalue weighted by Gasteiger charge is -2.13. The van der Waals surface area contributed by atoms with E-state index in [9.17, 15) is 9.90 Å². The Hall–Kier alpha value is -2.57. The van der Waals surface area contributed by atoms with Crippen LogP contribution in [-0.2, 0) is 4.79 Å². The summed E-state index contributed by atoms with van der Waals surface area (Å²) in [5, 5.41) is 13.1. The Balaban J connectivity index is 1.64. The molecule has 1 aliphatic heterocycles. The fraction of sp³-hybridized carbons (Fsp3) is 0.278. The second kappa shape index (κ2) is 6.90. The molecule has 3 rings (SSSR count). The van der Waals surface area contributed by atoms with Crippen LogP contribution in [0.1, 0.15) is 23.6 Å². The van der Waals surface area contributed by atoms with E-state index in [1.807, 2.05) is 25.1 Å². The molecule has 1 amide bonds. The average molecular weight is 327 g/mol. The van der Waals surface area contributed by atoms with Crippen LogP contribution >= 0.6 is 0 Å². The minimum atomic E-state index is -0.378. The third-order valence-electron chi connectivity index (χ3n) is 4.22. The van der Waals surface area contributed by atoms with Gasteiger partial charge in [0.25, 0.3) is 0 Å². The van der Waals surface area contributed by atoms with Crippen molar-refractivity contribution in [1.82, 2.24) is 10.9 Å². The molecule has 0 aliphatic carbocycles. The van der Waals surface area contributed by atoms with Gasteiger partial charge in [0.1, 0.15) is 17.5 Å². The van der Waals surface area contributed by atoms with Gasteiger partial charge in [0, 0.05) is 11.3 Å². The Morgan fingerprint density at radius 2 is 1.96 bits per heavy atom. The zero-order chi connectivity index (χ0) is 17.1. The van der Waals surface area contributed by atoms with Crippen molar-refractivity contribution in [3.05, 3.63) is 53.6 Å². The number of hydrogen-bond acceptors (Lipinski definition) is 5. The number of para-hydroxylation sites is 1. The molecule has 2 aromatic carbocycles. The van der Waals surface area contributed by atoms with Crippen molar-refractivity contribution < 1.29 is 14.6 Å². The molecule has 0 aromatic heterocycles. The van der Waals surface area contributed by atoms with Gasteiger partial charge in [-0.15, -0.1) is 0 Å². The van der Waals surface area contributed by atoms with Gasteiger partial charge in [-0.2, -0.15) is 0 Å². The zero-order valence-electron chi connectivity index (χ0n) is 13.7. The molecule has 2 unspecified atom stereocenters. The Bertz CT molecular complexity index is 731. The summed E-state index contributed by atoms with van der Waals surface area (Å²) >= 11 is 0. The number of hydrogen-bond donors (Lipinski definition) is 4. The van der Waals surface area contributed by atoms with Crippen LogP contribution in [0.4, 0.5) is 5.69 Å². The summed E-state index contributed by atoms with van der Waals surface area (Å²) in [6.07, 6.45) is 0.555. The minimum absolute atomic E-state index is 0.114. The number of benzene rings is 2. The van der Waals surface area contributed by atoms with E-state index in [0.29, 0.717) is 12.1 Å². The van der Waals surface area contributed by atoms with Gasteiger partial charge in [-0.3, -0.25) is 4.79 Å². The highest BCUT2D eigenvalue weighted by Gasteiger charge is 2.31. The van der Waals surface area contributed by atoms with Crippen LogP contribution in [0.2, 0.25) is 0 Å². The first-order valence-electron chi connectivity index (χ1n) is 7.83. The maximum atomic E-state index is 12.4. The summed E-state index contributed by atoms with van der Waals surface area (Å²) in [7, 11) is 1.60. The summed E-state index contributed by atoms with van der Waals surface area (Å²) < 4.78 is 5.10. The Morgan fingerprint density at radius 3 is 2.67 bits per heavy atom. The second-order valence-corrected chi connectivity index (χ2v) is 5.86. The van der Waals surface area contributed by atoms with Crippen molar-refractivity contribution >= 4 is 11.6 Å². The van der Waals surface area contributed by atoms with Crippen molar-refractivity contribution in [3.63, 3.8) is 0 Å². The molecule has 6 nitrogen and oxygen atoms in total. The summed E-state index contributed by atoms with van der Waals surface area (Å²) in [5.74, 6) is 0.888. The Labute approximate surface area is 140 Å². The number of phenols is 1. The van der Waals surface area contributed by atoms with E-state index in [4.69, 9.17) is 4.74 Å². The van der Waals surface area contributed by atoms with Gasteiger partial charge >= 0.3 is 0 Å². The highest BCUT2D eigenvalue weighted by Crippen LogP contribution is 2.31. The van der Waals surface area contributed by atoms with Gasteiger partial charge in [0.15, 0.2) is 0 Å². The molecule has 4 N–H and O–H groups in total. The molecular formula is C18H21N3O3. The fourth-order valence-corrected chi connectivity index (χ4v) is 2.80. The number of rotatable bonds is 4. The molecule has 0 bridgehead atoms. The molecule has 6 heteroatoms. The van der Waals surface area contributed by atoms with Crippen LogP contribution < -0.4 is 20.9 Å². The van der Waals surface area contributed by atoms with Crippen LogP contribution in [0.25, 0.3) is 0 Å². The molecule has 0 spiro atoms. The Kier molecular flexibility index (Phi) is 4.69. The standard InChI is InChI=1S/C18H21N3O3/c1-11-4-3-5-14(17(11)22)15-10-16(21-20-15)18(23)19-12-6-8-13(24-2)9-7-12/h3-9,15-16,20-22H,10H2,1-2H3,(H,19,23). The lowest BCUT2D eigenvalue weighted by Crippen LogP contribution is -2.39. The van der Waals surface area contributed by atoms with Crippen LogP contribution in [0, 0.1) is 6.92 Å². The smallest absolute Gasteiger partial charge is 0.242 e. The van der Waals surface area contributed by atoms with Crippen molar-refractivity contribution in [2.45, 2.75) is 25.4 Å². The van der Waals surface area contributed by atoms with Crippen LogP contribution in [0.15, 0.2) is 42.5 Å². The molecule has 1 saturated heterocycles. The van der Waals surface area contributed by atoms with Gasteiger partial charge < -0.3 is 15.2 Å². The number of carbonyl (C=O) groups excluding carboxylic acids is 1. The number of ether oxygens (including phenoxy) is 1. The monoisotopic (exact) mass is 327 g/mol. The molecule has 1 heterocycles. The van der Waals surface area contributed by atoms with Gasteiger partial charge in [0.05, 0.1) is 13.2 Å². The lowest BCUT2D eigenvalue weighted by molar-refractivity contribution is -0.117. The molecule has 2 atom stereocenters. The molecule has 126 valence electrons. The third-order valence-corrected chi connectivity index (χ3v) is 4.22. The summed E-state index contributed by atoms with van der Waals surface area (Å²) in [4.78, 5) is 12.4. The average Bonchev–Trinajstić information content (AvgIpc) is 3.08. The first kappa shape index (κ1) is 16.3. The van der Waals surface area contributed by atoms with Gasteiger partial charge in [-0.25, -0.2) is 10.9 Å². The second-order valence-electron chi connectivity index (χ2n) is 5.86. The predicted octanol–water partition coefficient (Wildman–Crippen LogP) is 2.26. The normalized spacial score (nSPS) is 19.9. The molecular weight excluding hydrogens is 306 g/mol. The number of aryl methyl sites for hydroxylation is 1. The van der Waals surface area contributed by atoms with E-state index in [-0.39, 0.29) is 23.7 Å². The van der Waals surface area contributed by atoms with Crippen molar-refractivity contribution in [3.8, 4) is 11.5 Å². The highest BCUT2D eigenvalue weighted by atomic mass is 16.5. The van der Waals surface area contributed by atoms with Crippen molar-refractivity contribution in [1.29, 1.82) is 0 Å². The number of amides is 1. The van der Waals surface area contributed by atoms with E-state index in [1.54, 1.807) is 31.4 Å². The number of methoxy groups -OCH3 is 1. The quantitative estimate of drug-likeness (QED) is 0.692. The summed E-state index contributed by atoms with van der Waals surface area (Å²) in [6.45, 7) is 1.86. The first-order valence-corrected chi connectivity index (χ1v) is 7.83. The molecule has 0 radical (unpaired) electrons. The molecule has 1 aliphatic rings. The number of anilines is 1. The van der Waals surface area contributed by atoms with Crippen LogP contribution in [0.3, 0.4) is 0 Å². The van der Waals surface area contributed by atoms with E-state index in [1.165, 1.54) is 0 Å². The van der Waals surface area contributed by atoms with E-state index in [2.05, 4.69) is 16.2 Å². The largest absolute Gasteiger partial charge is 0.507 e. The number of aromatic hydroxyl groups is 1. The number of phenolic OH excluding ortho intramolecular Hbond substituents is 1. The number of hydrazine groups is 1. The van der Waals surface area contributed by atoms with E-state index in [0.717, 1.165) is 16.9 Å². The number of carbonyl (C=O) groups is 1. The summed E-state index contributed by atoms with van der Waals surface area (Å²) in [5.41, 5.74) is 8.41. The number of nitrogens with one attached hydrogen (secondary N) is 3. The predicted molar refractivity (Wildman–Crippen MR) is 91.9 cm³/mol. The minimum Gasteiger partial charge on any atom is -0.507 e. The third kappa shape index (κ3) is 3.34. The molecule has 0 saturated carbocycles. The maximum Gasteiger partial charge on any atom is 0.242 e. The molecule has 24 heavy (non-hydrogen) atoms. The highest BCUT2D eigenvalue weighted by molar-refractivity contribution is 5.95. The zero-order valence-corrected chi connectivity index (χ0v) is 13.7. The van der Waals surface area contributed by atoms with Crippen molar-refractivity contribution in [2.24, 2.45) is 0 Å². The topological polar surface area (TPSA) is 82.6 Å². The summed E-state index contributed by atoms with van der Waals surface area (Å²) in [6, 6.07) is 12.3.